The zero-order valence-electron chi connectivity index (χ0n) is 3.64. The van der Waals surface area contributed by atoms with E-state index in [1.165, 1.54) is 0 Å². The van der Waals surface area contributed by atoms with Crippen LogP contribution in [0.25, 0.3) is 0 Å². The molecule has 0 heterocycles. The van der Waals surface area contributed by atoms with Crippen LogP contribution in [0.2, 0.25) is 0 Å². The molecular formula is C2H5NaO5S. The van der Waals surface area contributed by atoms with E-state index in [9.17, 15) is 9.00 Å². The van der Waals surface area contributed by atoms with Crippen molar-refractivity contribution in [1.82, 2.24) is 0 Å². The van der Waals surface area contributed by atoms with Crippen molar-refractivity contribution in [2.24, 2.45) is 0 Å². The van der Waals surface area contributed by atoms with Crippen molar-refractivity contribution < 1.29 is 23.8 Å². The summed E-state index contributed by atoms with van der Waals surface area (Å²) in [6, 6.07) is 0. The van der Waals surface area contributed by atoms with E-state index in [1.807, 2.05) is 0 Å². The molecule has 9 heavy (non-hydrogen) atoms. The van der Waals surface area contributed by atoms with Crippen LogP contribution in [0.15, 0.2) is 0 Å². The third kappa shape index (κ3) is 5.01. The van der Waals surface area contributed by atoms with E-state index in [2.05, 4.69) is 0 Å². The van der Waals surface area contributed by atoms with Crippen molar-refractivity contribution >= 4 is 46.6 Å². The summed E-state index contributed by atoms with van der Waals surface area (Å²) in [6.45, 7) is 0. The Morgan fingerprint density at radius 3 is 1.89 bits per heavy atom. The monoisotopic (exact) mass is 164 g/mol. The van der Waals surface area contributed by atoms with E-state index in [4.69, 9.17) is 14.8 Å². The third-order valence-electron chi connectivity index (χ3n) is 0.402. The molecule has 0 aromatic rings. The van der Waals surface area contributed by atoms with Gasteiger partial charge in [0.25, 0.3) is 5.44 Å². The second kappa shape index (κ2) is 5.33. The molecule has 0 aliphatic carbocycles. The molecular weight excluding hydrogens is 159 g/mol. The van der Waals surface area contributed by atoms with Crippen molar-refractivity contribution in [2.75, 3.05) is 0 Å². The summed E-state index contributed by atoms with van der Waals surface area (Å²) in [5, 5.41) is 15.8. The van der Waals surface area contributed by atoms with Gasteiger partial charge in [-0.2, -0.15) is 0 Å². The zero-order chi connectivity index (χ0) is 6.73. The number of aliphatic hydroxyl groups excluding tert-OH is 1. The van der Waals surface area contributed by atoms with Gasteiger partial charge in [0.05, 0.1) is 0 Å². The van der Waals surface area contributed by atoms with Gasteiger partial charge in [-0.3, -0.25) is 0 Å². The van der Waals surface area contributed by atoms with E-state index in [0.29, 0.717) is 0 Å². The Labute approximate surface area is 75.6 Å². The molecule has 50 valence electrons. The van der Waals surface area contributed by atoms with Gasteiger partial charge in [-0.15, -0.1) is 0 Å². The van der Waals surface area contributed by atoms with E-state index in [1.54, 1.807) is 0 Å². The average molecular weight is 164 g/mol. The molecule has 2 atom stereocenters. The Bertz CT molecular complexity index is 110. The first kappa shape index (κ1) is 12.2. The first-order valence-electron chi connectivity index (χ1n) is 1.56. The van der Waals surface area contributed by atoms with Crippen LogP contribution in [0.1, 0.15) is 0 Å². The van der Waals surface area contributed by atoms with Crippen LogP contribution in [0.4, 0.5) is 0 Å². The fraction of sp³-hybridized carbons (Fsp3) is 0.500. The number of aliphatic hydroxyl groups is 1. The van der Waals surface area contributed by atoms with Crippen molar-refractivity contribution in [3.8, 4) is 0 Å². The molecule has 0 rings (SSSR count). The summed E-state index contributed by atoms with van der Waals surface area (Å²) < 4.78 is 17.5. The molecule has 0 amide bonds. The number of hydrogen-bond donors (Lipinski definition) is 3. The normalized spacial score (nSPS) is 15.3. The van der Waals surface area contributed by atoms with E-state index in [0.717, 1.165) is 0 Å². The zero-order valence-corrected chi connectivity index (χ0v) is 4.46. The molecule has 0 bridgehead atoms. The fourth-order valence-electron chi connectivity index (χ4n) is 0.0862. The van der Waals surface area contributed by atoms with Crippen LogP contribution in [0.3, 0.4) is 0 Å². The number of carboxylic acid groups (broad SMARTS) is 1. The third-order valence-corrected chi connectivity index (χ3v) is 0.986. The van der Waals surface area contributed by atoms with Gasteiger partial charge in [-0.1, -0.05) is 0 Å². The van der Waals surface area contributed by atoms with Crippen LogP contribution >= 0.6 is 0 Å². The molecule has 5 nitrogen and oxygen atoms in total. The van der Waals surface area contributed by atoms with Crippen LogP contribution in [0.5, 0.6) is 0 Å². The van der Waals surface area contributed by atoms with Gasteiger partial charge in [-0.25, -0.2) is 9.00 Å². The van der Waals surface area contributed by atoms with Crippen LogP contribution in [0, 0.1) is 0 Å². The summed E-state index contributed by atoms with van der Waals surface area (Å²) in [6.07, 6.45) is 0. The SMILES string of the molecule is O=C(O)C(O)S(=O)O.[NaH]. The second-order valence-electron chi connectivity index (χ2n) is 0.967. The Morgan fingerprint density at radius 1 is 1.56 bits per heavy atom. The first-order valence-corrected chi connectivity index (χ1v) is 2.73. The standard InChI is InChI=1S/C2H4O5S.Na.H/c3-1(4)2(5)8(6)7;;/h2,5H,(H,3,4)(H,6,7);;. The van der Waals surface area contributed by atoms with Gasteiger partial charge in [-0.05, 0) is 0 Å². The van der Waals surface area contributed by atoms with Crippen molar-refractivity contribution in [1.29, 1.82) is 0 Å². The fourth-order valence-corrected chi connectivity index (χ4v) is 0.259. The molecule has 0 aliphatic heterocycles. The summed E-state index contributed by atoms with van der Waals surface area (Å²) in [4.78, 5) is 9.54. The summed E-state index contributed by atoms with van der Waals surface area (Å²) in [5.74, 6) is -1.70. The van der Waals surface area contributed by atoms with E-state index < -0.39 is 22.5 Å². The minimum absolute atomic E-state index is 0. The molecule has 7 heteroatoms. The predicted molar refractivity (Wildman–Crippen MR) is 31.6 cm³/mol. The average Bonchev–Trinajstić information content (AvgIpc) is 1.64. The van der Waals surface area contributed by atoms with Crippen molar-refractivity contribution in [2.45, 2.75) is 5.44 Å². The maximum absolute atomic E-state index is 9.62. The molecule has 0 saturated carbocycles. The Kier molecular flexibility index (Phi) is 7.25. The maximum atomic E-state index is 9.62. The summed E-state index contributed by atoms with van der Waals surface area (Å²) in [7, 11) is 0. The number of rotatable bonds is 2. The number of aliphatic carboxylic acids is 1. The molecule has 0 aromatic carbocycles. The van der Waals surface area contributed by atoms with Crippen molar-refractivity contribution in [3.63, 3.8) is 0 Å². The van der Waals surface area contributed by atoms with Crippen LogP contribution in [-0.4, -0.2) is 59.9 Å². The quantitative estimate of drug-likeness (QED) is 0.323. The van der Waals surface area contributed by atoms with Gasteiger partial charge in [0.15, 0.2) is 11.1 Å². The van der Waals surface area contributed by atoms with E-state index >= 15 is 0 Å². The first-order chi connectivity index (χ1) is 3.55. The number of carboxylic acids is 1. The number of carbonyl (C=O) groups is 1. The number of hydrogen-bond acceptors (Lipinski definition) is 3. The Hall–Kier alpha value is 0.540. The minimum atomic E-state index is -2.68. The summed E-state index contributed by atoms with van der Waals surface area (Å²) in [5.41, 5.74) is -2.19. The molecule has 3 N–H and O–H groups in total. The van der Waals surface area contributed by atoms with E-state index in [-0.39, 0.29) is 29.6 Å². The topological polar surface area (TPSA) is 94.8 Å². The summed E-state index contributed by atoms with van der Waals surface area (Å²) >= 11 is -2.68. The molecule has 0 aliphatic rings. The molecule has 2 unspecified atom stereocenters. The van der Waals surface area contributed by atoms with Gasteiger partial charge in [0.2, 0.25) is 0 Å². The molecule has 0 spiro atoms. The molecule has 0 radical (unpaired) electrons. The van der Waals surface area contributed by atoms with Crippen molar-refractivity contribution in [3.05, 3.63) is 0 Å². The Balaban J connectivity index is 0. The van der Waals surface area contributed by atoms with Gasteiger partial charge in [0.1, 0.15) is 0 Å². The predicted octanol–water partition coefficient (Wildman–Crippen LogP) is -2.04. The second-order valence-corrected chi connectivity index (χ2v) is 1.97. The van der Waals surface area contributed by atoms with Gasteiger partial charge < -0.3 is 14.8 Å². The van der Waals surface area contributed by atoms with Gasteiger partial charge in [0, 0.05) is 0 Å². The molecule has 0 fully saturated rings. The van der Waals surface area contributed by atoms with Crippen LogP contribution in [-0.2, 0) is 15.9 Å². The van der Waals surface area contributed by atoms with Crippen LogP contribution < -0.4 is 0 Å². The Morgan fingerprint density at radius 2 is 1.89 bits per heavy atom. The van der Waals surface area contributed by atoms with Gasteiger partial charge >= 0.3 is 35.5 Å². The molecule has 0 aromatic heterocycles. The molecule has 0 saturated heterocycles.